The van der Waals surface area contributed by atoms with E-state index < -0.39 is 22.0 Å². The van der Waals surface area contributed by atoms with E-state index in [0.29, 0.717) is 17.7 Å². The molecule has 0 saturated carbocycles. The smallest absolute Gasteiger partial charge is 0.325 e. The number of sulfonamides is 1. The number of carbonyl (C=O) groups is 2. The van der Waals surface area contributed by atoms with Gasteiger partial charge in [0.15, 0.2) is 0 Å². The first-order chi connectivity index (χ1) is 12.3. The summed E-state index contributed by atoms with van der Waals surface area (Å²) < 4.78 is 27.2. The lowest BCUT2D eigenvalue weighted by molar-refractivity contribution is -0.142. The average molecular weight is 380 g/mol. The summed E-state index contributed by atoms with van der Waals surface area (Å²) in [7, 11) is -3.56. The van der Waals surface area contributed by atoms with Crippen molar-refractivity contribution in [3.8, 4) is 0 Å². The van der Waals surface area contributed by atoms with Crippen LogP contribution in [0.25, 0.3) is 0 Å². The van der Waals surface area contributed by atoms with Gasteiger partial charge < -0.3 is 10.4 Å². The van der Waals surface area contributed by atoms with Crippen LogP contribution in [0.1, 0.15) is 37.3 Å². The highest BCUT2D eigenvalue weighted by Gasteiger charge is 2.33. The molecule has 1 fully saturated rings. The molecule has 1 heterocycles. The second-order valence-electron chi connectivity index (χ2n) is 7.03. The highest BCUT2D eigenvalue weighted by atomic mass is 32.2. The minimum Gasteiger partial charge on any atom is -0.480 e. The number of piperidine rings is 1. The lowest BCUT2D eigenvalue weighted by atomic mass is 9.97. The monoisotopic (exact) mass is 380 g/mol. The molecule has 1 saturated heterocycles. The number of hydrogen-bond donors (Lipinski definition) is 2. The van der Waals surface area contributed by atoms with Gasteiger partial charge in [-0.1, -0.05) is 6.07 Å². The molecule has 0 spiro atoms. The van der Waals surface area contributed by atoms with Gasteiger partial charge in [-0.05, 0) is 62.3 Å². The predicted octanol–water partition coefficient (Wildman–Crippen LogP) is 1.17. The van der Waals surface area contributed by atoms with Gasteiger partial charge in [0, 0.05) is 19.0 Å². The summed E-state index contributed by atoms with van der Waals surface area (Å²) in [6.45, 7) is 1.94. The van der Waals surface area contributed by atoms with E-state index >= 15 is 0 Å². The van der Waals surface area contributed by atoms with Crippen molar-refractivity contribution in [1.29, 1.82) is 0 Å². The van der Waals surface area contributed by atoms with Crippen molar-refractivity contribution in [2.24, 2.45) is 5.92 Å². The van der Waals surface area contributed by atoms with E-state index in [-0.39, 0.29) is 24.9 Å². The van der Waals surface area contributed by atoms with Crippen molar-refractivity contribution < 1.29 is 23.1 Å². The molecule has 1 amide bonds. The van der Waals surface area contributed by atoms with Crippen LogP contribution in [0.3, 0.4) is 0 Å². The highest BCUT2D eigenvalue weighted by Crippen LogP contribution is 2.28. The van der Waals surface area contributed by atoms with Crippen molar-refractivity contribution in [2.75, 3.05) is 13.1 Å². The minimum atomic E-state index is -3.56. The molecule has 1 aliphatic carbocycles. The summed E-state index contributed by atoms with van der Waals surface area (Å²) >= 11 is 0. The molecule has 7 nitrogen and oxygen atoms in total. The fraction of sp³-hybridized carbons (Fsp3) is 0.556. The molecule has 26 heavy (non-hydrogen) atoms. The number of carboxylic acids is 1. The molecular formula is C18H24N2O5S. The van der Waals surface area contributed by atoms with Gasteiger partial charge in [-0.3, -0.25) is 9.59 Å². The number of carbonyl (C=O) groups excluding carboxylic acids is 1. The maximum atomic E-state index is 12.9. The van der Waals surface area contributed by atoms with Crippen LogP contribution >= 0.6 is 0 Å². The first-order valence-corrected chi connectivity index (χ1v) is 10.4. The molecule has 1 atom stereocenters. The molecule has 2 N–H and O–H groups in total. The Morgan fingerprint density at radius 3 is 2.50 bits per heavy atom. The third kappa shape index (κ3) is 3.76. The minimum absolute atomic E-state index is 0.263. The van der Waals surface area contributed by atoms with Crippen LogP contribution in [-0.2, 0) is 32.5 Å². The van der Waals surface area contributed by atoms with E-state index in [1.54, 1.807) is 12.1 Å². The number of amides is 1. The third-order valence-electron chi connectivity index (χ3n) is 5.26. The van der Waals surface area contributed by atoms with E-state index in [2.05, 4.69) is 5.32 Å². The number of rotatable bonds is 5. The number of aliphatic carboxylic acids is 1. The fourth-order valence-electron chi connectivity index (χ4n) is 3.61. The maximum absolute atomic E-state index is 12.9. The number of benzene rings is 1. The Hall–Kier alpha value is -1.93. The molecular weight excluding hydrogens is 356 g/mol. The zero-order chi connectivity index (χ0) is 18.9. The number of nitrogens with zero attached hydrogens (tertiary/aromatic N) is 1. The quantitative estimate of drug-likeness (QED) is 0.798. The lowest BCUT2D eigenvalue weighted by Gasteiger charge is -2.31. The third-order valence-corrected chi connectivity index (χ3v) is 7.16. The number of hydrogen-bond acceptors (Lipinski definition) is 4. The molecule has 3 rings (SSSR count). The molecule has 1 unspecified atom stereocenters. The SMILES string of the molecule is CC(NC(=O)C1CCN(S(=O)(=O)c2ccc3c(c2)CCC3)CC1)C(=O)O. The molecule has 142 valence electrons. The predicted molar refractivity (Wildman–Crippen MR) is 95.2 cm³/mol. The summed E-state index contributed by atoms with van der Waals surface area (Å²) in [6.07, 6.45) is 3.77. The average Bonchev–Trinajstić information content (AvgIpc) is 3.09. The molecule has 0 aromatic heterocycles. The van der Waals surface area contributed by atoms with E-state index in [4.69, 9.17) is 5.11 Å². The normalized spacial score (nSPS) is 19.7. The molecule has 1 aromatic carbocycles. The van der Waals surface area contributed by atoms with Gasteiger partial charge in [-0.2, -0.15) is 4.31 Å². The second kappa shape index (κ2) is 7.36. The zero-order valence-corrected chi connectivity index (χ0v) is 15.6. The lowest BCUT2D eigenvalue weighted by Crippen LogP contribution is -2.46. The second-order valence-corrected chi connectivity index (χ2v) is 8.97. The highest BCUT2D eigenvalue weighted by molar-refractivity contribution is 7.89. The summed E-state index contributed by atoms with van der Waals surface area (Å²) in [5, 5.41) is 11.3. The van der Waals surface area contributed by atoms with E-state index in [1.165, 1.54) is 16.8 Å². The van der Waals surface area contributed by atoms with Gasteiger partial charge in [0.1, 0.15) is 6.04 Å². The summed E-state index contributed by atoms with van der Waals surface area (Å²) in [5.74, 6) is -1.77. The first kappa shape index (κ1) is 18.8. The van der Waals surface area contributed by atoms with Crippen LogP contribution in [0, 0.1) is 5.92 Å². The van der Waals surface area contributed by atoms with Crippen LogP contribution in [0.15, 0.2) is 23.1 Å². The Morgan fingerprint density at radius 2 is 1.85 bits per heavy atom. The Kier molecular flexibility index (Phi) is 5.34. The maximum Gasteiger partial charge on any atom is 0.325 e. The molecule has 0 radical (unpaired) electrons. The van der Waals surface area contributed by atoms with Crippen molar-refractivity contribution in [2.45, 2.75) is 50.0 Å². The van der Waals surface area contributed by atoms with Gasteiger partial charge in [0.05, 0.1) is 4.90 Å². The number of aryl methyl sites for hydroxylation is 2. The topological polar surface area (TPSA) is 104 Å². The molecule has 2 aliphatic rings. The zero-order valence-electron chi connectivity index (χ0n) is 14.8. The number of carboxylic acid groups (broad SMARTS) is 1. The Labute approximate surface area is 153 Å². The van der Waals surface area contributed by atoms with Crippen molar-refractivity contribution in [3.05, 3.63) is 29.3 Å². The van der Waals surface area contributed by atoms with E-state index in [0.717, 1.165) is 24.8 Å². The Balaban J connectivity index is 1.64. The van der Waals surface area contributed by atoms with Gasteiger partial charge in [-0.25, -0.2) is 8.42 Å². The van der Waals surface area contributed by atoms with E-state index in [1.807, 2.05) is 6.07 Å². The van der Waals surface area contributed by atoms with Gasteiger partial charge in [0.25, 0.3) is 0 Å². The van der Waals surface area contributed by atoms with Gasteiger partial charge >= 0.3 is 5.97 Å². The standard InChI is InChI=1S/C18H24N2O5S/c1-12(18(22)23)19-17(21)14-7-9-20(10-8-14)26(24,25)16-6-5-13-3-2-4-15(13)11-16/h5-6,11-12,14H,2-4,7-10H2,1H3,(H,19,21)(H,22,23). The Morgan fingerprint density at radius 1 is 1.19 bits per heavy atom. The Bertz CT molecular complexity index is 813. The van der Waals surface area contributed by atoms with Gasteiger partial charge in [-0.15, -0.1) is 0 Å². The van der Waals surface area contributed by atoms with Crippen molar-refractivity contribution in [1.82, 2.24) is 9.62 Å². The number of nitrogens with one attached hydrogen (secondary N) is 1. The van der Waals surface area contributed by atoms with Gasteiger partial charge in [0.2, 0.25) is 15.9 Å². The molecule has 1 aliphatic heterocycles. The van der Waals surface area contributed by atoms with Crippen LogP contribution in [0.5, 0.6) is 0 Å². The largest absolute Gasteiger partial charge is 0.480 e. The number of fused-ring (bicyclic) bond motifs is 1. The molecule has 8 heteroatoms. The van der Waals surface area contributed by atoms with Crippen LogP contribution in [-0.4, -0.2) is 48.8 Å². The van der Waals surface area contributed by atoms with Crippen LogP contribution in [0.4, 0.5) is 0 Å². The summed E-state index contributed by atoms with van der Waals surface area (Å²) in [6, 6.07) is 4.41. The fourth-order valence-corrected chi connectivity index (χ4v) is 5.13. The molecule has 1 aromatic rings. The van der Waals surface area contributed by atoms with Crippen LogP contribution < -0.4 is 5.32 Å². The summed E-state index contributed by atoms with van der Waals surface area (Å²) in [5.41, 5.74) is 2.34. The van der Waals surface area contributed by atoms with Crippen LogP contribution in [0.2, 0.25) is 0 Å². The van der Waals surface area contributed by atoms with E-state index in [9.17, 15) is 18.0 Å². The van der Waals surface area contributed by atoms with Crippen molar-refractivity contribution >= 4 is 21.9 Å². The first-order valence-electron chi connectivity index (χ1n) is 8.94. The summed E-state index contributed by atoms with van der Waals surface area (Å²) in [4.78, 5) is 23.3. The molecule has 0 bridgehead atoms. The van der Waals surface area contributed by atoms with Crippen molar-refractivity contribution in [3.63, 3.8) is 0 Å².